The summed E-state index contributed by atoms with van der Waals surface area (Å²) in [4.78, 5) is 11.9. The summed E-state index contributed by atoms with van der Waals surface area (Å²) in [6, 6.07) is 0.216. The first kappa shape index (κ1) is 15.4. The van der Waals surface area contributed by atoms with Gasteiger partial charge in [0.25, 0.3) is 0 Å². The molecular formula is C12H26N2O2. The summed E-state index contributed by atoms with van der Waals surface area (Å²) < 4.78 is 4.90. The maximum Gasteiger partial charge on any atom is 0.237 e. The standard InChI is InChI=1S/C12H26N2O2/c1-9(2)8-11(14-10(3)4)12(15)13-6-7-16-5/h9-11,14H,6-8H2,1-5H3,(H,13,15)/t11-/m0/s1. The topological polar surface area (TPSA) is 50.4 Å². The van der Waals surface area contributed by atoms with Crippen LogP contribution in [0.1, 0.15) is 34.1 Å². The molecule has 0 aromatic rings. The molecule has 96 valence electrons. The number of ether oxygens (including phenoxy) is 1. The van der Waals surface area contributed by atoms with Crippen LogP contribution in [0, 0.1) is 5.92 Å². The van der Waals surface area contributed by atoms with Crippen LogP contribution in [0.5, 0.6) is 0 Å². The van der Waals surface area contributed by atoms with Crippen LogP contribution >= 0.6 is 0 Å². The van der Waals surface area contributed by atoms with Gasteiger partial charge in [-0.25, -0.2) is 0 Å². The average Bonchev–Trinajstić information content (AvgIpc) is 2.15. The summed E-state index contributed by atoms with van der Waals surface area (Å²) in [5.41, 5.74) is 0. The van der Waals surface area contributed by atoms with Gasteiger partial charge in [-0.3, -0.25) is 4.79 Å². The van der Waals surface area contributed by atoms with Crippen LogP contribution in [0.4, 0.5) is 0 Å². The van der Waals surface area contributed by atoms with Crippen molar-refractivity contribution in [3.05, 3.63) is 0 Å². The minimum absolute atomic E-state index is 0.0689. The summed E-state index contributed by atoms with van der Waals surface area (Å²) in [6.45, 7) is 9.48. The molecule has 0 spiro atoms. The van der Waals surface area contributed by atoms with Gasteiger partial charge in [-0.15, -0.1) is 0 Å². The van der Waals surface area contributed by atoms with E-state index in [2.05, 4.69) is 38.3 Å². The summed E-state index contributed by atoms with van der Waals surface area (Å²) >= 11 is 0. The van der Waals surface area contributed by atoms with Crippen molar-refractivity contribution in [1.82, 2.24) is 10.6 Å². The minimum Gasteiger partial charge on any atom is -0.383 e. The predicted molar refractivity (Wildman–Crippen MR) is 66.4 cm³/mol. The minimum atomic E-state index is -0.100. The monoisotopic (exact) mass is 230 g/mol. The van der Waals surface area contributed by atoms with E-state index in [4.69, 9.17) is 4.74 Å². The van der Waals surface area contributed by atoms with E-state index >= 15 is 0 Å². The number of carbonyl (C=O) groups is 1. The number of rotatable bonds is 8. The molecule has 0 aliphatic heterocycles. The molecule has 4 nitrogen and oxygen atoms in total. The Labute approximate surface area is 99.1 Å². The van der Waals surface area contributed by atoms with Crippen LogP contribution in [-0.4, -0.2) is 38.3 Å². The summed E-state index contributed by atoms with van der Waals surface area (Å²) in [5, 5.41) is 6.15. The van der Waals surface area contributed by atoms with Crippen LogP contribution in [0.15, 0.2) is 0 Å². The van der Waals surface area contributed by atoms with Gasteiger partial charge in [-0.1, -0.05) is 27.7 Å². The molecule has 0 unspecified atom stereocenters. The van der Waals surface area contributed by atoms with E-state index in [0.29, 0.717) is 25.1 Å². The lowest BCUT2D eigenvalue weighted by molar-refractivity contribution is -0.123. The van der Waals surface area contributed by atoms with Gasteiger partial charge in [0.1, 0.15) is 0 Å². The third kappa shape index (κ3) is 7.65. The van der Waals surface area contributed by atoms with Gasteiger partial charge < -0.3 is 15.4 Å². The second kappa shape index (κ2) is 8.53. The maximum atomic E-state index is 11.9. The average molecular weight is 230 g/mol. The van der Waals surface area contributed by atoms with E-state index in [1.807, 2.05) is 0 Å². The van der Waals surface area contributed by atoms with Gasteiger partial charge in [-0.2, -0.15) is 0 Å². The highest BCUT2D eigenvalue weighted by Gasteiger charge is 2.19. The number of amides is 1. The lowest BCUT2D eigenvalue weighted by atomic mass is 10.0. The van der Waals surface area contributed by atoms with Gasteiger partial charge >= 0.3 is 0 Å². The molecule has 0 aromatic carbocycles. The number of methoxy groups -OCH3 is 1. The van der Waals surface area contributed by atoms with E-state index in [-0.39, 0.29) is 11.9 Å². The fourth-order valence-corrected chi connectivity index (χ4v) is 1.52. The molecule has 0 aliphatic carbocycles. The zero-order chi connectivity index (χ0) is 12.6. The Morgan fingerprint density at radius 1 is 1.25 bits per heavy atom. The smallest absolute Gasteiger partial charge is 0.237 e. The second-order valence-electron chi connectivity index (χ2n) is 4.79. The van der Waals surface area contributed by atoms with E-state index in [9.17, 15) is 4.79 Å². The molecule has 2 N–H and O–H groups in total. The van der Waals surface area contributed by atoms with E-state index in [1.54, 1.807) is 7.11 Å². The molecule has 16 heavy (non-hydrogen) atoms. The SMILES string of the molecule is COCCNC(=O)[C@H](CC(C)C)NC(C)C. The molecular weight excluding hydrogens is 204 g/mol. The zero-order valence-electron chi connectivity index (χ0n) is 11.2. The van der Waals surface area contributed by atoms with Crippen LogP contribution in [0.2, 0.25) is 0 Å². The number of hydrogen-bond donors (Lipinski definition) is 2. The molecule has 0 saturated carbocycles. The maximum absolute atomic E-state index is 11.9. The first-order valence-corrected chi connectivity index (χ1v) is 6.00. The number of hydrogen-bond acceptors (Lipinski definition) is 3. The Morgan fingerprint density at radius 3 is 2.31 bits per heavy atom. The fourth-order valence-electron chi connectivity index (χ4n) is 1.52. The molecule has 0 rings (SSSR count). The van der Waals surface area contributed by atoms with Gasteiger partial charge in [0.05, 0.1) is 12.6 Å². The Balaban J connectivity index is 4.10. The molecule has 0 aromatic heterocycles. The second-order valence-corrected chi connectivity index (χ2v) is 4.79. The predicted octanol–water partition coefficient (Wildman–Crippen LogP) is 1.16. The molecule has 0 fully saturated rings. The Kier molecular flexibility index (Phi) is 8.21. The molecule has 1 atom stereocenters. The molecule has 0 radical (unpaired) electrons. The van der Waals surface area contributed by atoms with E-state index in [0.717, 1.165) is 6.42 Å². The van der Waals surface area contributed by atoms with Crippen LogP contribution < -0.4 is 10.6 Å². The lowest BCUT2D eigenvalue weighted by Crippen LogP contribution is -2.48. The molecule has 4 heteroatoms. The molecule has 0 aliphatic rings. The van der Waals surface area contributed by atoms with Gasteiger partial charge in [-0.05, 0) is 12.3 Å². The molecule has 0 bridgehead atoms. The van der Waals surface area contributed by atoms with Crippen molar-refractivity contribution in [2.24, 2.45) is 5.92 Å². The molecule has 0 heterocycles. The number of nitrogens with one attached hydrogen (secondary N) is 2. The highest BCUT2D eigenvalue weighted by molar-refractivity contribution is 5.81. The fraction of sp³-hybridized carbons (Fsp3) is 0.917. The summed E-state index contributed by atoms with van der Waals surface area (Å²) in [6.07, 6.45) is 0.858. The third-order valence-corrected chi connectivity index (χ3v) is 2.16. The van der Waals surface area contributed by atoms with Crippen molar-refractivity contribution in [3.63, 3.8) is 0 Å². The van der Waals surface area contributed by atoms with Crippen LogP contribution in [-0.2, 0) is 9.53 Å². The highest BCUT2D eigenvalue weighted by atomic mass is 16.5. The van der Waals surface area contributed by atoms with Crippen molar-refractivity contribution in [1.29, 1.82) is 0 Å². The lowest BCUT2D eigenvalue weighted by Gasteiger charge is -2.22. The van der Waals surface area contributed by atoms with E-state index < -0.39 is 0 Å². The Morgan fingerprint density at radius 2 is 1.88 bits per heavy atom. The first-order chi connectivity index (χ1) is 7.47. The van der Waals surface area contributed by atoms with Gasteiger partial charge in [0.15, 0.2) is 0 Å². The highest BCUT2D eigenvalue weighted by Crippen LogP contribution is 2.05. The third-order valence-electron chi connectivity index (χ3n) is 2.16. The van der Waals surface area contributed by atoms with Crippen molar-refractivity contribution in [2.75, 3.05) is 20.3 Å². The number of carbonyl (C=O) groups excluding carboxylic acids is 1. The molecule has 1 amide bonds. The Hall–Kier alpha value is -0.610. The van der Waals surface area contributed by atoms with Crippen LogP contribution in [0.25, 0.3) is 0 Å². The summed E-state index contributed by atoms with van der Waals surface area (Å²) in [7, 11) is 1.63. The quantitative estimate of drug-likeness (QED) is 0.615. The zero-order valence-corrected chi connectivity index (χ0v) is 11.2. The molecule has 0 saturated heterocycles. The largest absolute Gasteiger partial charge is 0.383 e. The van der Waals surface area contributed by atoms with Gasteiger partial charge in [0, 0.05) is 19.7 Å². The summed E-state index contributed by atoms with van der Waals surface area (Å²) in [5.74, 6) is 0.573. The van der Waals surface area contributed by atoms with Crippen molar-refractivity contribution in [2.45, 2.75) is 46.2 Å². The normalized spacial score (nSPS) is 13.2. The van der Waals surface area contributed by atoms with Crippen molar-refractivity contribution >= 4 is 5.91 Å². The van der Waals surface area contributed by atoms with Crippen molar-refractivity contribution in [3.8, 4) is 0 Å². The Bertz CT molecular complexity index is 183. The first-order valence-electron chi connectivity index (χ1n) is 6.00. The van der Waals surface area contributed by atoms with E-state index in [1.165, 1.54) is 0 Å². The van der Waals surface area contributed by atoms with Gasteiger partial charge in [0.2, 0.25) is 5.91 Å². The van der Waals surface area contributed by atoms with Crippen LogP contribution in [0.3, 0.4) is 0 Å². The van der Waals surface area contributed by atoms with Crippen molar-refractivity contribution < 1.29 is 9.53 Å².